The predicted octanol–water partition coefficient (Wildman–Crippen LogP) is 5.05. The maximum atomic E-state index is 13.0. The summed E-state index contributed by atoms with van der Waals surface area (Å²) in [6.45, 7) is 0.820. The Labute approximate surface area is 175 Å². The maximum Gasteiger partial charge on any atom is 0.261 e. The lowest BCUT2D eigenvalue weighted by atomic mass is 10.1. The SMILES string of the molecule is COc1ccc2ccc(OCC(=O)N(Cc3ccccc3)Cc3ccco3)cc2c1. The first-order valence-corrected chi connectivity index (χ1v) is 9.76. The molecule has 4 aromatic rings. The number of amides is 1. The first-order chi connectivity index (χ1) is 14.7. The van der Waals surface area contributed by atoms with Crippen LogP contribution in [0.5, 0.6) is 11.5 Å². The van der Waals surface area contributed by atoms with Crippen LogP contribution in [0, 0.1) is 0 Å². The molecule has 0 fully saturated rings. The lowest BCUT2D eigenvalue weighted by molar-refractivity contribution is -0.134. The van der Waals surface area contributed by atoms with E-state index in [1.807, 2.05) is 78.9 Å². The number of ether oxygens (including phenoxy) is 2. The summed E-state index contributed by atoms with van der Waals surface area (Å²) in [4.78, 5) is 14.7. The number of carbonyl (C=O) groups excluding carboxylic acids is 1. The Morgan fingerprint density at radius 2 is 1.63 bits per heavy atom. The smallest absolute Gasteiger partial charge is 0.261 e. The number of fused-ring (bicyclic) bond motifs is 1. The maximum absolute atomic E-state index is 13.0. The van der Waals surface area contributed by atoms with Gasteiger partial charge in [-0.3, -0.25) is 4.79 Å². The first kappa shape index (κ1) is 19.6. The molecule has 1 aromatic heterocycles. The third-order valence-electron chi connectivity index (χ3n) is 4.88. The van der Waals surface area contributed by atoms with Gasteiger partial charge in [0.25, 0.3) is 5.91 Å². The van der Waals surface area contributed by atoms with E-state index in [1.54, 1.807) is 18.3 Å². The topological polar surface area (TPSA) is 51.9 Å². The van der Waals surface area contributed by atoms with Gasteiger partial charge in [0, 0.05) is 6.54 Å². The molecule has 1 heterocycles. The molecule has 4 rings (SSSR count). The Bertz CT molecular complexity index is 1110. The highest BCUT2D eigenvalue weighted by Gasteiger charge is 2.17. The molecule has 0 N–H and O–H groups in total. The molecule has 0 unspecified atom stereocenters. The summed E-state index contributed by atoms with van der Waals surface area (Å²) in [7, 11) is 1.64. The zero-order valence-corrected chi connectivity index (χ0v) is 16.8. The summed E-state index contributed by atoms with van der Waals surface area (Å²) >= 11 is 0. The van der Waals surface area contributed by atoms with E-state index in [-0.39, 0.29) is 12.5 Å². The molecule has 0 radical (unpaired) electrons. The van der Waals surface area contributed by atoms with E-state index in [4.69, 9.17) is 13.9 Å². The Balaban J connectivity index is 1.46. The molecule has 152 valence electrons. The second-order valence-electron chi connectivity index (χ2n) is 6.98. The summed E-state index contributed by atoms with van der Waals surface area (Å²) in [5.74, 6) is 2.04. The number of benzene rings is 3. The lowest BCUT2D eigenvalue weighted by Crippen LogP contribution is -2.34. The van der Waals surface area contributed by atoms with Gasteiger partial charge in [-0.2, -0.15) is 0 Å². The van der Waals surface area contributed by atoms with Crippen molar-refractivity contribution in [1.29, 1.82) is 0 Å². The van der Waals surface area contributed by atoms with Crippen LogP contribution in [-0.4, -0.2) is 24.5 Å². The highest BCUT2D eigenvalue weighted by Crippen LogP contribution is 2.25. The average Bonchev–Trinajstić information content (AvgIpc) is 3.30. The third-order valence-corrected chi connectivity index (χ3v) is 4.88. The van der Waals surface area contributed by atoms with E-state index in [2.05, 4.69) is 0 Å². The van der Waals surface area contributed by atoms with E-state index in [0.717, 1.165) is 27.8 Å². The molecule has 0 saturated heterocycles. The zero-order valence-electron chi connectivity index (χ0n) is 16.8. The molecule has 0 aliphatic rings. The number of methoxy groups -OCH3 is 1. The second-order valence-corrected chi connectivity index (χ2v) is 6.98. The largest absolute Gasteiger partial charge is 0.497 e. The Morgan fingerprint density at radius 3 is 2.37 bits per heavy atom. The fraction of sp³-hybridized carbons (Fsp3) is 0.160. The van der Waals surface area contributed by atoms with Crippen molar-refractivity contribution in [2.75, 3.05) is 13.7 Å². The van der Waals surface area contributed by atoms with Crippen LogP contribution in [0.25, 0.3) is 10.8 Å². The van der Waals surface area contributed by atoms with Crippen LogP contribution < -0.4 is 9.47 Å². The molecule has 0 saturated carbocycles. The lowest BCUT2D eigenvalue weighted by Gasteiger charge is -2.22. The second kappa shape index (κ2) is 9.18. The van der Waals surface area contributed by atoms with Crippen LogP contribution in [0.1, 0.15) is 11.3 Å². The standard InChI is InChI=1S/C25H23NO4/c1-28-22-11-9-20-10-12-23(15-21(20)14-22)30-18-25(27)26(17-24-8-5-13-29-24)16-19-6-3-2-4-7-19/h2-15H,16-18H2,1H3. The fourth-order valence-corrected chi connectivity index (χ4v) is 3.28. The van der Waals surface area contributed by atoms with Crippen molar-refractivity contribution in [2.24, 2.45) is 0 Å². The van der Waals surface area contributed by atoms with Crippen molar-refractivity contribution < 1.29 is 18.7 Å². The van der Waals surface area contributed by atoms with Gasteiger partial charge in [-0.1, -0.05) is 42.5 Å². The minimum absolute atomic E-state index is 0.0526. The van der Waals surface area contributed by atoms with Crippen molar-refractivity contribution in [1.82, 2.24) is 4.90 Å². The molecule has 0 aliphatic carbocycles. The van der Waals surface area contributed by atoms with Gasteiger partial charge in [0.2, 0.25) is 0 Å². The summed E-state index contributed by atoms with van der Waals surface area (Å²) in [6, 6.07) is 25.2. The summed E-state index contributed by atoms with van der Waals surface area (Å²) in [6.07, 6.45) is 1.61. The molecular formula is C25H23NO4. The summed E-state index contributed by atoms with van der Waals surface area (Å²) in [5, 5.41) is 2.08. The molecular weight excluding hydrogens is 378 g/mol. The van der Waals surface area contributed by atoms with Crippen LogP contribution in [0.4, 0.5) is 0 Å². The van der Waals surface area contributed by atoms with Gasteiger partial charge in [0.15, 0.2) is 6.61 Å². The highest BCUT2D eigenvalue weighted by molar-refractivity contribution is 5.85. The van der Waals surface area contributed by atoms with Gasteiger partial charge in [-0.15, -0.1) is 0 Å². The van der Waals surface area contributed by atoms with Gasteiger partial charge in [-0.25, -0.2) is 0 Å². The molecule has 5 heteroatoms. The highest BCUT2D eigenvalue weighted by atomic mass is 16.5. The van der Waals surface area contributed by atoms with E-state index in [1.165, 1.54) is 0 Å². The fourth-order valence-electron chi connectivity index (χ4n) is 3.28. The van der Waals surface area contributed by atoms with Gasteiger partial charge < -0.3 is 18.8 Å². The molecule has 0 spiro atoms. The number of furan rings is 1. The number of rotatable bonds is 8. The molecule has 0 aliphatic heterocycles. The predicted molar refractivity (Wildman–Crippen MR) is 115 cm³/mol. The van der Waals surface area contributed by atoms with Gasteiger partial charge in [0.05, 0.1) is 19.9 Å². The Morgan fingerprint density at radius 1 is 0.867 bits per heavy atom. The van der Waals surface area contributed by atoms with Crippen molar-refractivity contribution in [3.8, 4) is 11.5 Å². The quantitative estimate of drug-likeness (QED) is 0.415. The van der Waals surface area contributed by atoms with Crippen LogP contribution >= 0.6 is 0 Å². The van der Waals surface area contributed by atoms with E-state index < -0.39 is 0 Å². The van der Waals surface area contributed by atoms with Gasteiger partial charge in [0.1, 0.15) is 17.3 Å². The van der Waals surface area contributed by atoms with Crippen molar-refractivity contribution in [3.05, 3.63) is 96.4 Å². The minimum Gasteiger partial charge on any atom is -0.497 e. The summed E-state index contributed by atoms with van der Waals surface area (Å²) < 4.78 is 16.6. The van der Waals surface area contributed by atoms with Crippen LogP contribution in [-0.2, 0) is 17.9 Å². The van der Waals surface area contributed by atoms with Crippen molar-refractivity contribution in [3.63, 3.8) is 0 Å². The normalized spacial score (nSPS) is 10.7. The minimum atomic E-state index is -0.110. The molecule has 0 bridgehead atoms. The number of hydrogen-bond acceptors (Lipinski definition) is 4. The van der Waals surface area contributed by atoms with Gasteiger partial charge in [-0.05, 0) is 52.7 Å². The van der Waals surface area contributed by atoms with E-state index >= 15 is 0 Å². The molecule has 3 aromatic carbocycles. The molecule has 0 atom stereocenters. The number of hydrogen-bond donors (Lipinski definition) is 0. The Hall–Kier alpha value is -3.73. The summed E-state index contributed by atoms with van der Waals surface area (Å²) in [5.41, 5.74) is 1.05. The monoisotopic (exact) mass is 401 g/mol. The van der Waals surface area contributed by atoms with Crippen molar-refractivity contribution >= 4 is 16.7 Å². The number of nitrogens with zero attached hydrogens (tertiary/aromatic N) is 1. The van der Waals surface area contributed by atoms with E-state index in [9.17, 15) is 4.79 Å². The number of carbonyl (C=O) groups is 1. The van der Waals surface area contributed by atoms with Crippen LogP contribution in [0.3, 0.4) is 0 Å². The van der Waals surface area contributed by atoms with E-state index in [0.29, 0.717) is 18.8 Å². The molecule has 5 nitrogen and oxygen atoms in total. The Kier molecular flexibility index (Phi) is 5.99. The molecule has 30 heavy (non-hydrogen) atoms. The third kappa shape index (κ3) is 4.81. The average molecular weight is 401 g/mol. The van der Waals surface area contributed by atoms with Crippen LogP contribution in [0.15, 0.2) is 89.5 Å². The molecule has 1 amide bonds. The van der Waals surface area contributed by atoms with Crippen molar-refractivity contribution in [2.45, 2.75) is 13.1 Å². The zero-order chi connectivity index (χ0) is 20.8. The van der Waals surface area contributed by atoms with Gasteiger partial charge >= 0.3 is 0 Å². The first-order valence-electron chi connectivity index (χ1n) is 9.76. The van der Waals surface area contributed by atoms with Crippen LogP contribution in [0.2, 0.25) is 0 Å².